The van der Waals surface area contributed by atoms with Crippen LogP contribution in [-0.2, 0) is 9.53 Å². The van der Waals surface area contributed by atoms with Gasteiger partial charge < -0.3 is 10.1 Å². The quantitative estimate of drug-likeness (QED) is 0.717. The molecule has 1 heterocycles. The summed E-state index contributed by atoms with van der Waals surface area (Å²) in [5.41, 5.74) is 0. The second-order valence-corrected chi connectivity index (χ2v) is 4.57. The third kappa shape index (κ3) is 5.46. The van der Waals surface area contributed by atoms with Crippen LogP contribution in [0.3, 0.4) is 0 Å². The molecular formula is C12H23N3O3. The van der Waals surface area contributed by atoms with Crippen LogP contribution in [-0.4, -0.2) is 56.2 Å². The summed E-state index contributed by atoms with van der Waals surface area (Å²) in [6.07, 6.45) is 2.63. The second kappa shape index (κ2) is 8.05. The van der Waals surface area contributed by atoms with Gasteiger partial charge in [-0.25, -0.2) is 4.79 Å². The number of rotatable bonds is 6. The molecule has 1 aliphatic rings. The maximum atomic E-state index is 11.6. The molecule has 1 atom stereocenters. The normalized spacial score (nSPS) is 18.9. The number of carbonyl (C=O) groups is 2. The summed E-state index contributed by atoms with van der Waals surface area (Å²) in [7, 11) is 1.24. The monoisotopic (exact) mass is 257 g/mol. The predicted octanol–water partition coefficient (Wildman–Crippen LogP) is 0.333. The van der Waals surface area contributed by atoms with Crippen LogP contribution in [0.15, 0.2) is 0 Å². The van der Waals surface area contributed by atoms with E-state index in [9.17, 15) is 9.59 Å². The second-order valence-electron chi connectivity index (χ2n) is 4.57. The van der Waals surface area contributed by atoms with E-state index in [-0.39, 0.29) is 12.5 Å². The van der Waals surface area contributed by atoms with Crippen molar-refractivity contribution in [2.45, 2.75) is 32.2 Å². The highest BCUT2D eigenvalue weighted by molar-refractivity contribution is 5.92. The van der Waals surface area contributed by atoms with Gasteiger partial charge in [0, 0.05) is 12.6 Å². The highest BCUT2D eigenvalue weighted by Crippen LogP contribution is 2.07. The number of nitrogens with one attached hydrogen (secondary N) is 2. The van der Waals surface area contributed by atoms with Crippen LogP contribution >= 0.6 is 0 Å². The van der Waals surface area contributed by atoms with Gasteiger partial charge in [-0.3, -0.25) is 15.0 Å². The zero-order valence-corrected chi connectivity index (χ0v) is 11.2. The summed E-state index contributed by atoms with van der Waals surface area (Å²) in [4.78, 5) is 24.6. The maximum Gasteiger partial charge on any atom is 0.413 e. The van der Waals surface area contributed by atoms with Gasteiger partial charge >= 0.3 is 6.09 Å². The molecule has 18 heavy (non-hydrogen) atoms. The lowest BCUT2D eigenvalue weighted by Crippen LogP contribution is -2.44. The number of ether oxygens (including phenoxy) is 1. The first-order valence-corrected chi connectivity index (χ1v) is 6.49. The molecule has 6 heteroatoms. The summed E-state index contributed by atoms with van der Waals surface area (Å²) < 4.78 is 4.39. The van der Waals surface area contributed by atoms with E-state index in [2.05, 4.69) is 27.2 Å². The largest absolute Gasteiger partial charge is 0.453 e. The topological polar surface area (TPSA) is 70.7 Å². The smallest absolute Gasteiger partial charge is 0.413 e. The Balaban J connectivity index is 2.35. The first-order valence-electron chi connectivity index (χ1n) is 6.49. The number of hydrogen-bond donors (Lipinski definition) is 2. The fourth-order valence-corrected chi connectivity index (χ4v) is 2.18. The molecule has 2 amide bonds. The molecule has 0 saturated carbocycles. The molecule has 1 aliphatic heterocycles. The lowest BCUT2D eigenvalue weighted by atomic mass is 10.2. The minimum absolute atomic E-state index is 0.237. The Kier molecular flexibility index (Phi) is 6.67. The van der Waals surface area contributed by atoms with Crippen LogP contribution in [0.2, 0.25) is 0 Å². The first kappa shape index (κ1) is 14.9. The van der Waals surface area contributed by atoms with E-state index in [1.807, 2.05) is 0 Å². The number of amides is 2. The average Bonchev–Trinajstić information content (AvgIpc) is 2.81. The molecule has 0 radical (unpaired) electrons. The number of methoxy groups -OCH3 is 1. The average molecular weight is 257 g/mol. The fourth-order valence-electron chi connectivity index (χ4n) is 2.18. The third-order valence-electron chi connectivity index (χ3n) is 2.97. The van der Waals surface area contributed by atoms with E-state index in [1.165, 1.54) is 13.5 Å². The molecule has 0 aliphatic carbocycles. The van der Waals surface area contributed by atoms with Crippen LogP contribution < -0.4 is 10.6 Å². The molecule has 1 saturated heterocycles. The minimum atomic E-state index is -0.699. The number of nitrogens with zero attached hydrogens (tertiary/aromatic N) is 1. The van der Waals surface area contributed by atoms with E-state index in [1.54, 1.807) is 0 Å². The van der Waals surface area contributed by atoms with Gasteiger partial charge in [0.2, 0.25) is 5.91 Å². The highest BCUT2D eigenvalue weighted by atomic mass is 16.5. The van der Waals surface area contributed by atoms with Crippen molar-refractivity contribution in [1.82, 2.24) is 15.5 Å². The van der Waals surface area contributed by atoms with Crippen molar-refractivity contribution in [3.63, 3.8) is 0 Å². The van der Waals surface area contributed by atoms with Crippen LogP contribution in [0.4, 0.5) is 4.79 Å². The van der Waals surface area contributed by atoms with Gasteiger partial charge in [-0.15, -0.1) is 0 Å². The van der Waals surface area contributed by atoms with Gasteiger partial charge in [0.15, 0.2) is 0 Å². The van der Waals surface area contributed by atoms with Gasteiger partial charge in [0.05, 0.1) is 13.7 Å². The zero-order chi connectivity index (χ0) is 13.4. The Hall–Kier alpha value is -1.14. The SMILES string of the molecule is CCCN(CC(=O)NC(=O)OC)CC1CCCN1. The highest BCUT2D eigenvalue weighted by Gasteiger charge is 2.19. The van der Waals surface area contributed by atoms with Crippen molar-refractivity contribution < 1.29 is 14.3 Å². The molecule has 0 bridgehead atoms. The van der Waals surface area contributed by atoms with Gasteiger partial charge in [-0.2, -0.15) is 0 Å². The molecule has 6 nitrogen and oxygen atoms in total. The van der Waals surface area contributed by atoms with Crippen molar-refractivity contribution >= 4 is 12.0 Å². The molecule has 0 aromatic heterocycles. The number of alkyl carbamates (subject to hydrolysis) is 1. The Labute approximate surface area is 108 Å². The fraction of sp³-hybridized carbons (Fsp3) is 0.833. The third-order valence-corrected chi connectivity index (χ3v) is 2.97. The Bertz CT molecular complexity index is 278. The van der Waals surface area contributed by atoms with Gasteiger partial charge in [0.25, 0.3) is 0 Å². The van der Waals surface area contributed by atoms with Crippen molar-refractivity contribution in [3.8, 4) is 0 Å². The van der Waals surface area contributed by atoms with Gasteiger partial charge in [0.1, 0.15) is 0 Å². The lowest BCUT2D eigenvalue weighted by Gasteiger charge is -2.24. The number of hydrogen-bond acceptors (Lipinski definition) is 5. The zero-order valence-electron chi connectivity index (χ0n) is 11.2. The van der Waals surface area contributed by atoms with Crippen molar-refractivity contribution in [1.29, 1.82) is 0 Å². The number of carbonyl (C=O) groups excluding carboxylic acids is 2. The standard InChI is InChI=1S/C12H23N3O3/c1-3-7-15(8-10-5-4-6-13-10)9-11(16)14-12(17)18-2/h10,13H,3-9H2,1-2H3,(H,14,16,17). The Morgan fingerprint density at radius 2 is 2.28 bits per heavy atom. The summed E-state index contributed by atoms with van der Waals surface area (Å²) in [6, 6.07) is 0.461. The van der Waals surface area contributed by atoms with E-state index in [4.69, 9.17) is 0 Å². The summed E-state index contributed by atoms with van der Waals surface area (Å²) >= 11 is 0. The first-order chi connectivity index (χ1) is 8.65. The lowest BCUT2D eigenvalue weighted by molar-refractivity contribution is -0.121. The van der Waals surface area contributed by atoms with Crippen LogP contribution in [0.1, 0.15) is 26.2 Å². The molecular weight excluding hydrogens is 234 g/mol. The summed E-state index contributed by atoms with van der Waals surface area (Å²) in [5, 5.41) is 5.59. The minimum Gasteiger partial charge on any atom is -0.453 e. The molecule has 2 N–H and O–H groups in total. The van der Waals surface area contributed by atoms with Gasteiger partial charge in [-0.05, 0) is 32.4 Å². The van der Waals surface area contributed by atoms with Crippen LogP contribution in [0, 0.1) is 0 Å². The summed E-state index contributed by atoms with van der Waals surface area (Å²) in [6.45, 7) is 5.07. The van der Waals surface area contributed by atoms with E-state index < -0.39 is 6.09 Å². The van der Waals surface area contributed by atoms with Crippen molar-refractivity contribution in [2.75, 3.05) is 33.3 Å². The molecule has 104 valence electrons. The molecule has 1 unspecified atom stereocenters. The van der Waals surface area contributed by atoms with Crippen molar-refractivity contribution in [2.24, 2.45) is 0 Å². The molecule has 0 aromatic rings. The van der Waals surface area contributed by atoms with E-state index in [0.29, 0.717) is 6.04 Å². The van der Waals surface area contributed by atoms with E-state index >= 15 is 0 Å². The molecule has 1 rings (SSSR count). The van der Waals surface area contributed by atoms with Gasteiger partial charge in [-0.1, -0.05) is 6.92 Å². The van der Waals surface area contributed by atoms with Crippen LogP contribution in [0.25, 0.3) is 0 Å². The van der Waals surface area contributed by atoms with Crippen LogP contribution in [0.5, 0.6) is 0 Å². The maximum absolute atomic E-state index is 11.6. The number of imide groups is 1. The van der Waals surface area contributed by atoms with E-state index in [0.717, 1.165) is 32.5 Å². The molecule has 0 aromatic carbocycles. The Morgan fingerprint density at radius 3 is 2.83 bits per heavy atom. The summed E-state index contributed by atoms with van der Waals surface area (Å²) in [5.74, 6) is -0.312. The molecule has 1 fully saturated rings. The Morgan fingerprint density at radius 1 is 1.50 bits per heavy atom. The van der Waals surface area contributed by atoms with Crippen molar-refractivity contribution in [3.05, 3.63) is 0 Å². The molecule has 0 spiro atoms. The predicted molar refractivity (Wildman–Crippen MR) is 68.3 cm³/mol.